The molecule has 0 radical (unpaired) electrons. The van der Waals surface area contributed by atoms with Gasteiger partial charge in [-0.05, 0) is 30.7 Å². The lowest BCUT2D eigenvalue weighted by Gasteiger charge is -2.43. The molecule has 1 aliphatic rings. The first kappa shape index (κ1) is 24.8. The zero-order valence-corrected chi connectivity index (χ0v) is 19.3. The van der Waals surface area contributed by atoms with Gasteiger partial charge in [-0.2, -0.15) is 8.42 Å². The van der Waals surface area contributed by atoms with Crippen LogP contribution in [0.5, 0.6) is 0 Å². The smallest absolute Gasteiger partial charge is 0.338 e. The molecular formula is C23H26O9S. The van der Waals surface area contributed by atoms with Crippen molar-refractivity contribution in [3.05, 3.63) is 71.8 Å². The molecule has 1 fully saturated rings. The van der Waals surface area contributed by atoms with Gasteiger partial charge in [0, 0.05) is 7.11 Å². The van der Waals surface area contributed by atoms with Crippen LogP contribution in [0.2, 0.25) is 0 Å². The molecule has 0 saturated carbocycles. The van der Waals surface area contributed by atoms with Crippen LogP contribution < -0.4 is 0 Å². The van der Waals surface area contributed by atoms with Gasteiger partial charge in [0.25, 0.3) is 10.1 Å². The normalized spacial score (nSPS) is 25.2. The summed E-state index contributed by atoms with van der Waals surface area (Å²) in [5.74, 6) is -1.46. The number of ether oxygens (including phenoxy) is 4. The van der Waals surface area contributed by atoms with E-state index in [0.717, 1.165) is 6.26 Å². The van der Waals surface area contributed by atoms with Gasteiger partial charge in [0.1, 0.15) is 6.10 Å². The van der Waals surface area contributed by atoms with Crippen LogP contribution in [-0.4, -0.2) is 64.4 Å². The molecule has 10 heteroatoms. The number of carbonyl (C=O) groups excluding carboxylic acids is 2. The number of esters is 2. The zero-order valence-electron chi connectivity index (χ0n) is 18.4. The van der Waals surface area contributed by atoms with Gasteiger partial charge >= 0.3 is 11.9 Å². The summed E-state index contributed by atoms with van der Waals surface area (Å²) in [6, 6.07) is 16.3. The van der Waals surface area contributed by atoms with Gasteiger partial charge in [-0.25, -0.2) is 9.59 Å². The summed E-state index contributed by atoms with van der Waals surface area (Å²) in [4.78, 5) is 25.7. The molecule has 5 atom stereocenters. The highest BCUT2D eigenvalue weighted by atomic mass is 32.2. The van der Waals surface area contributed by atoms with Gasteiger partial charge in [0.05, 0.1) is 23.5 Å². The fraction of sp³-hybridized carbons (Fsp3) is 0.391. The maximum Gasteiger partial charge on any atom is 0.338 e. The summed E-state index contributed by atoms with van der Waals surface area (Å²) in [5, 5.41) is 0. The maximum absolute atomic E-state index is 12.9. The Morgan fingerprint density at radius 1 is 0.848 bits per heavy atom. The molecule has 1 heterocycles. The first-order valence-corrected chi connectivity index (χ1v) is 12.1. The highest BCUT2D eigenvalue weighted by molar-refractivity contribution is 7.86. The third kappa shape index (κ3) is 6.38. The standard InChI is InChI=1S/C23H26O9S/c1-4-17-18(32-33(3,26)27)19(30-21(24)15-11-7-5-8-12-15)20(23(28-2)29-17)31-22(25)16-13-9-6-10-14-16/h5-14,17-20,23H,4H2,1-3H3. The zero-order chi connectivity index (χ0) is 24.0. The Bertz CT molecular complexity index is 1040. The van der Waals surface area contributed by atoms with E-state index in [4.69, 9.17) is 23.1 Å². The average Bonchev–Trinajstić information content (AvgIpc) is 2.81. The quantitative estimate of drug-likeness (QED) is 0.417. The molecule has 2 aromatic carbocycles. The van der Waals surface area contributed by atoms with Crippen LogP contribution >= 0.6 is 0 Å². The number of hydrogen-bond donors (Lipinski definition) is 0. The molecule has 0 N–H and O–H groups in total. The summed E-state index contributed by atoms with van der Waals surface area (Å²) < 4.78 is 51.8. The number of rotatable bonds is 8. The topological polar surface area (TPSA) is 114 Å². The Kier molecular flexibility index (Phi) is 8.20. The van der Waals surface area contributed by atoms with Crippen LogP contribution in [0.4, 0.5) is 0 Å². The predicted octanol–water partition coefficient (Wildman–Crippen LogP) is 2.56. The lowest BCUT2D eigenvalue weighted by atomic mass is 9.96. The van der Waals surface area contributed by atoms with Gasteiger partial charge < -0.3 is 18.9 Å². The highest BCUT2D eigenvalue weighted by Crippen LogP contribution is 2.32. The fourth-order valence-corrected chi connectivity index (χ4v) is 4.14. The van der Waals surface area contributed by atoms with Crippen molar-refractivity contribution in [2.75, 3.05) is 13.4 Å². The minimum absolute atomic E-state index is 0.234. The largest absolute Gasteiger partial charge is 0.452 e. The third-order valence-corrected chi connectivity index (χ3v) is 5.59. The molecule has 0 spiro atoms. The van der Waals surface area contributed by atoms with Crippen molar-refractivity contribution in [3.8, 4) is 0 Å². The summed E-state index contributed by atoms with van der Waals surface area (Å²) >= 11 is 0. The molecule has 1 aliphatic heterocycles. The van der Waals surface area contributed by atoms with E-state index < -0.39 is 52.8 Å². The van der Waals surface area contributed by atoms with Crippen molar-refractivity contribution < 1.29 is 41.1 Å². The molecule has 0 aromatic heterocycles. The number of methoxy groups -OCH3 is 1. The number of hydrogen-bond acceptors (Lipinski definition) is 9. The molecule has 0 aliphatic carbocycles. The summed E-state index contributed by atoms with van der Waals surface area (Å²) in [6.45, 7) is 1.75. The van der Waals surface area contributed by atoms with Crippen LogP contribution in [-0.2, 0) is 33.2 Å². The van der Waals surface area contributed by atoms with Crippen molar-refractivity contribution in [1.29, 1.82) is 0 Å². The van der Waals surface area contributed by atoms with E-state index >= 15 is 0 Å². The third-order valence-electron chi connectivity index (χ3n) is 5.02. The van der Waals surface area contributed by atoms with Crippen LogP contribution in [0.3, 0.4) is 0 Å². The Balaban J connectivity index is 1.98. The van der Waals surface area contributed by atoms with Gasteiger partial charge in [-0.1, -0.05) is 43.3 Å². The maximum atomic E-state index is 12.9. The second kappa shape index (κ2) is 10.9. The molecular weight excluding hydrogens is 452 g/mol. The lowest BCUT2D eigenvalue weighted by Crippen LogP contribution is -2.61. The molecule has 1 saturated heterocycles. The van der Waals surface area contributed by atoms with Gasteiger partial charge in [-0.3, -0.25) is 4.18 Å². The molecule has 9 nitrogen and oxygen atoms in total. The number of carbonyl (C=O) groups is 2. The number of benzene rings is 2. The SMILES string of the molecule is CCC1OC(OC)C(OC(=O)c2ccccc2)C(OC(=O)c2ccccc2)C1OS(C)(=O)=O. The minimum Gasteiger partial charge on any atom is -0.452 e. The van der Waals surface area contributed by atoms with E-state index in [1.807, 2.05) is 0 Å². The molecule has 3 rings (SSSR count). The summed E-state index contributed by atoms with van der Waals surface area (Å²) in [7, 11) is -2.64. The average molecular weight is 479 g/mol. The molecule has 5 unspecified atom stereocenters. The second-order valence-corrected chi connectivity index (χ2v) is 9.02. The van der Waals surface area contributed by atoms with Gasteiger partial charge in [-0.15, -0.1) is 0 Å². The van der Waals surface area contributed by atoms with Gasteiger partial charge in [0.2, 0.25) is 0 Å². The lowest BCUT2D eigenvalue weighted by molar-refractivity contribution is -0.283. The highest BCUT2D eigenvalue weighted by Gasteiger charge is 2.52. The first-order chi connectivity index (χ1) is 15.7. The van der Waals surface area contributed by atoms with E-state index in [-0.39, 0.29) is 11.1 Å². The van der Waals surface area contributed by atoms with Crippen molar-refractivity contribution in [2.24, 2.45) is 0 Å². The van der Waals surface area contributed by atoms with Crippen molar-refractivity contribution >= 4 is 22.1 Å². The van der Waals surface area contributed by atoms with E-state index in [1.54, 1.807) is 67.6 Å². The minimum atomic E-state index is -3.98. The Morgan fingerprint density at radius 2 is 1.33 bits per heavy atom. The van der Waals surface area contributed by atoms with Crippen molar-refractivity contribution in [2.45, 2.75) is 44.1 Å². The molecule has 2 aromatic rings. The Morgan fingerprint density at radius 3 is 1.76 bits per heavy atom. The molecule has 33 heavy (non-hydrogen) atoms. The molecule has 178 valence electrons. The van der Waals surface area contributed by atoms with Crippen molar-refractivity contribution in [1.82, 2.24) is 0 Å². The van der Waals surface area contributed by atoms with Gasteiger partial charge in [0.15, 0.2) is 18.5 Å². The van der Waals surface area contributed by atoms with Crippen LogP contribution in [0.25, 0.3) is 0 Å². The second-order valence-electron chi connectivity index (χ2n) is 7.42. The molecule has 0 amide bonds. The Labute approximate surface area is 192 Å². The van der Waals surface area contributed by atoms with E-state index in [2.05, 4.69) is 0 Å². The summed E-state index contributed by atoms with van der Waals surface area (Å²) in [5.41, 5.74) is 0.482. The van der Waals surface area contributed by atoms with E-state index in [1.165, 1.54) is 7.11 Å². The van der Waals surface area contributed by atoms with E-state index in [9.17, 15) is 18.0 Å². The van der Waals surface area contributed by atoms with Crippen LogP contribution in [0.15, 0.2) is 60.7 Å². The summed E-state index contributed by atoms with van der Waals surface area (Å²) in [6.07, 6.45) is -4.64. The van der Waals surface area contributed by atoms with Crippen LogP contribution in [0, 0.1) is 0 Å². The fourth-order valence-electron chi connectivity index (χ4n) is 3.51. The predicted molar refractivity (Wildman–Crippen MR) is 117 cm³/mol. The Hall–Kier alpha value is -2.79. The van der Waals surface area contributed by atoms with E-state index in [0.29, 0.717) is 6.42 Å². The molecule has 0 bridgehead atoms. The monoisotopic (exact) mass is 478 g/mol. The van der Waals surface area contributed by atoms with Crippen molar-refractivity contribution in [3.63, 3.8) is 0 Å². The first-order valence-electron chi connectivity index (χ1n) is 10.3. The van der Waals surface area contributed by atoms with Crippen LogP contribution in [0.1, 0.15) is 34.1 Å².